The van der Waals surface area contributed by atoms with Gasteiger partial charge in [-0.3, -0.25) is 4.90 Å². The van der Waals surface area contributed by atoms with Crippen molar-refractivity contribution in [3.05, 3.63) is 46.3 Å². The zero-order valence-electron chi connectivity index (χ0n) is 9.28. The smallest absolute Gasteiger partial charge is 0.0592 e. The predicted octanol–water partition coefficient (Wildman–Crippen LogP) is 2.94. The lowest BCUT2D eigenvalue weighted by Crippen LogP contribution is -2.52. The third-order valence-corrected chi connectivity index (χ3v) is 5.02. The van der Waals surface area contributed by atoms with Crippen LogP contribution in [0.15, 0.2) is 35.4 Å². The molecule has 0 aromatic heterocycles. The van der Waals surface area contributed by atoms with Crippen molar-refractivity contribution in [2.24, 2.45) is 11.0 Å². The van der Waals surface area contributed by atoms with Gasteiger partial charge < -0.3 is 0 Å². The summed E-state index contributed by atoms with van der Waals surface area (Å²) in [5.74, 6) is 0.486. The number of fused-ring (bicyclic) bond motifs is 1. The third-order valence-electron chi connectivity index (χ3n) is 3.80. The second-order valence-electron chi connectivity index (χ2n) is 4.71. The summed E-state index contributed by atoms with van der Waals surface area (Å²) >= 11 is 3.69. The summed E-state index contributed by atoms with van der Waals surface area (Å²) in [5.41, 5.74) is 9.87. The van der Waals surface area contributed by atoms with Crippen molar-refractivity contribution in [2.45, 2.75) is 23.5 Å². The fourth-order valence-corrected chi connectivity index (χ4v) is 4.08. The minimum absolute atomic E-state index is 0.160. The van der Waals surface area contributed by atoms with Crippen molar-refractivity contribution < 1.29 is 0 Å². The highest BCUT2D eigenvalue weighted by molar-refractivity contribution is 9.09. The highest BCUT2D eigenvalue weighted by atomic mass is 79.9. The average molecular weight is 293 g/mol. The van der Waals surface area contributed by atoms with E-state index in [0.717, 1.165) is 13.1 Å². The fourth-order valence-electron chi connectivity index (χ4n) is 2.96. The van der Waals surface area contributed by atoms with Crippen LogP contribution >= 0.6 is 15.9 Å². The van der Waals surface area contributed by atoms with Gasteiger partial charge in [-0.2, -0.15) is 0 Å². The molecule has 3 fully saturated rings. The normalized spacial score (nSPS) is 35.1. The lowest BCUT2D eigenvalue weighted by atomic mass is 9.80. The van der Waals surface area contributed by atoms with E-state index in [2.05, 4.69) is 55.1 Å². The molecule has 88 valence electrons. The Morgan fingerprint density at radius 2 is 2.18 bits per heavy atom. The molecule has 4 atom stereocenters. The van der Waals surface area contributed by atoms with Gasteiger partial charge >= 0.3 is 0 Å². The van der Waals surface area contributed by atoms with E-state index in [4.69, 9.17) is 5.53 Å². The molecule has 1 aromatic rings. The Morgan fingerprint density at radius 1 is 1.41 bits per heavy atom. The van der Waals surface area contributed by atoms with Crippen molar-refractivity contribution in [2.75, 3.05) is 6.54 Å². The summed E-state index contributed by atoms with van der Waals surface area (Å²) < 4.78 is 0. The third kappa shape index (κ3) is 1.75. The molecule has 1 saturated carbocycles. The number of alkyl halides is 1. The molecule has 2 saturated heterocycles. The molecule has 3 aliphatic rings. The summed E-state index contributed by atoms with van der Waals surface area (Å²) in [7, 11) is 0. The van der Waals surface area contributed by atoms with Crippen LogP contribution in [-0.4, -0.2) is 28.4 Å². The van der Waals surface area contributed by atoms with Crippen LogP contribution < -0.4 is 0 Å². The molecule has 1 aliphatic carbocycles. The fraction of sp³-hybridized carbons (Fsp3) is 0.500. The zero-order chi connectivity index (χ0) is 11.8. The van der Waals surface area contributed by atoms with Crippen LogP contribution in [0.3, 0.4) is 0 Å². The number of halogens is 1. The van der Waals surface area contributed by atoms with E-state index in [1.54, 1.807) is 0 Å². The van der Waals surface area contributed by atoms with Crippen LogP contribution in [0.2, 0.25) is 0 Å². The molecule has 4 nitrogen and oxygen atoms in total. The highest BCUT2D eigenvalue weighted by Crippen LogP contribution is 2.48. The Kier molecular flexibility index (Phi) is 2.82. The second-order valence-corrected chi connectivity index (χ2v) is 5.77. The molecule has 2 aliphatic heterocycles. The standard InChI is InChI=1S/C12H13BrN4/c13-10-9-7-17(12(10)11(9)15-16-14)6-8-4-2-1-3-5-8/h1-5,9-12H,6-7H2/t9-,10-,11+,12+/m0/s1. The maximum absolute atomic E-state index is 8.55. The Bertz CT molecular complexity index is 457. The molecule has 0 N–H and O–H groups in total. The number of nitrogens with zero attached hydrogens (tertiary/aromatic N) is 4. The number of rotatable bonds is 3. The van der Waals surface area contributed by atoms with Gasteiger partial charge in [0.15, 0.2) is 0 Å². The van der Waals surface area contributed by atoms with Gasteiger partial charge in [-0.25, -0.2) is 0 Å². The molecule has 0 radical (unpaired) electrons. The summed E-state index contributed by atoms with van der Waals surface area (Å²) in [6.45, 7) is 1.97. The molecule has 17 heavy (non-hydrogen) atoms. The van der Waals surface area contributed by atoms with Crippen LogP contribution in [0, 0.1) is 5.92 Å². The first-order chi connectivity index (χ1) is 8.31. The summed E-state index contributed by atoms with van der Waals surface area (Å²) in [6, 6.07) is 11.0. The summed E-state index contributed by atoms with van der Waals surface area (Å²) in [4.78, 5) is 5.86. The molecule has 2 bridgehead atoms. The topological polar surface area (TPSA) is 52.0 Å². The van der Waals surface area contributed by atoms with E-state index < -0.39 is 0 Å². The van der Waals surface area contributed by atoms with Gasteiger partial charge in [-0.15, -0.1) is 0 Å². The number of hydrogen-bond acceptors (Lipinski definition) is 2. The van der Waals surface area contributed by atoms with E-state index in [0.29, 0.717) is 16.8 Å². The first-order valence-electron chi connectivity index (χ1n) is 5.77. The van der Waals surface area contributed by atoms with Crippen molar-refractivity contribution in [1.29, 1.82) is 0 Å². The van der Waals surface area contributed by atoms with Crippen LogP contribution in [0.25, 0.3) is 10.4 Å². The SMILES string of the molecule is [N-]=[N+]=N[C@@H]1[C@H]2CN(Cc3ccccc3)[C@@H]1[C@H]2Br. The van der Waals surface area contributed by atoms with Crippen molar-refractivity contribution >= 4 is 15.9 Å². The van der Waals surface area contributed by atoms with Crippen molar-refractivity contribution in [1.82, 2.24) is 4.90 Å². The Hall–Kier alpha value is -1.03. The Morgan fingerprint density at radius 3 is 2.88 bits per heavy atom. The minimum Gasteiger partial charge on any atom is -0.294 e. The first kappa shape index (κ1) is 11.1. The van der Waals surface area contributed by atoms with Crippen LogP contribution in [0.1, 0.15) is 5.56 Å². The van der Waals surface area contributed by atoms with Gasteiger partial charge in [0.25, 0.3) is 0 Å². The minimum atomic E-state index is 0.160. The molecule has 0 spiro atoms. The van der Waals surface area contributed by atoms with Gasteiger partial charge in [0.1, 0.15) is 0 Å². The average Bonchev–Trinajstić information content (AvgIpc) is 2.86. The van der Waals surface area contributed by atoms with Crippen molar-refractivity contribution in [3.8, 4) is 0 Å². The molecule has 5 heteroatoms. The lowest BCUT2D eigenvalue weighted by molar-refractivity contribution is 0.220. The summed E-state index contributed by atoms with van der Waals surface area (Å²) in [5, 5.41) is 3.91. The summed E-state index contributed by atoms with van der Waals surface area (Å²) in [6.07, 6.45) is 0. The van der Waals surface area contributed by atoms with Gasteiger partial charge in [0.05, 0.1) is 6.04 Å². The largest absolute Gasteiger partial charge is 0.294 e. The van der Waals surface area contributed by atoms with E-state index in [-0.39, 0.29) is 6.04 Å². The predicted molar refractivity (Wildman–Crippen MR) is 69.8 cm³/mol. The molecule has 1 aromatic carbocycles. The maximum Gasteiger partial charge on any atom is 0.0592 e. The molecule has 0 amide bonds. The highest BCUT2D eigenvalue weighted by Gasteiger charge is 2.58. The quantitative estimate of drug-likeness (QED) is 0.366. The Balaban J connectivity index is 1.73. The van der Waals surface area contributed by atoms with Crippen LogP contribution in [0.4, 0.5) is 0 Å². The van der Waals surface area contributed by atoms with Crippen LogP contribution in [0.5, 0.6) is 0 Å². The molecular weight excluding hydrogens is 280 g/mol. The lowest BCUT2D eigenvalue weighted by Gasteiger charge is -2.39. The van der Waals surface area contributed by atoms with E-state index in [9.17, 15) is 0 Å². The molecule has 0 unspecified atom stereocenters. The Labute approximate surface area is 108 Å². The van der Waals surface area contributed by atoms with Crippen LogP contribution in [-0.2, 0) is 6.54 Å². The molecule has 2 heterocycles. The molecular formula is C12H13BrN4. The first-order valence-corrected chi connectivity index (χ1v) is 6.69. The number of hydrogen-bond donors (Lipinski definition) is 0. The van der Waals surface area contributed by atoms with Gasteiger partial charge in [0.2, 0.25) is 0 Å². The zero-order valence-corrected chi connectivity index (χ0v) is 10.9. The molecule has 4 rings (SSSR count). The monoisotopic (exact) mass is 292 g/mol. The number of azide groups is 1. The second kappa shape index (κ2) is 4.33. The maximum atomic E-state index is 8.55. The van der Waals surface area contributed by atoms with Crippen molar-refractivity contribution in [3.63, 3.8) is 0 Å². The van der Waals surface area contributed by atoms with Gasteiger partial charge in [-0.05, 0) is 17.0 Å². The number of benzene rings is 1. The van der Waals surface area contributed by atoms with E-state index >= 15 is 0 Å². The van der Waals surface area contributed by atoms with Gasteiger partial charge in [-0.1, -0.05) is 51.4 Å². The van der Waals surface area contributed by atoms with E-state index in [1.807, 2.05) is 6.07 Å². The van der Waals surface area contributed by atoms with E-state index in [1.165, 1.54) is 5.56 Å². The van der Waals surface area contributed by atoms with Gasteiger partial charge in [0, 0.05) is 28.9 Å².